The molecule has 1 atom stereocenters. The number of thioether (sulfide) groups is 1. The van der Waals surface area contributed by atoms with Crippen molar-refractivity contribution in [1.29, 1.82) is 0 Å². The van der Waals surface area contributed by atoms with E-state index in [4.69, 9.17) is 4.74 Å². The molecule has 0 saturated heterocycles. The van der Waals surface area contributed by atoms with Crippen molar-refractivity contribution in [3.05, 3.63) is 52.3 Å². The Morgan fingerprint density at radius 2 is 1.80 bits per heavy atom. The number of benzene rings is 1. The number of aryl methyl sites for hydroxylation is 1. The average Bonchev–Trinajstić information content (AvgIpc) is 3.30. The first kappa shape index (κ1) is 21.8. The fourth-order valence-electron chi connectivity index (χ4n) is 3.23. The first-order valence-electron chi connectivity index (χ1n) is 9.61. The van der Waals surface area contributed by atoms with Gasteiger partial charge in [-0.25, -0.2) is 4.79 Å². The van der Waals surface area contributed by atoms with Gasteiger partial charge in [-0.1, -0.05) is 37.7 Å². The number of Topliss-reactive ketones (excluding diaryl/α,β-unsaturated/α-hetero) is 1. The maximum absolute atomic E-state index is 13.1. The Kier molecular flexibility index (Phi) is 6.40. The topological polar surface area (TPSA) is 103 Å². The van der Waals surface area contributed by atoms with Crippen LogP contribution in [0.4, 0.5) is 0 Å². The fourth-order valence-corrected chi connectivity index (χ4v) is 4.10. The number of carbonyl (C=O) groups is 2. The maximum atomic E-state index is 13.1. The number of esters is 1. The zero-order valence-corrected chi connectivity index (χ0v) is 18.7. The second kappa shape index (κ2) is 8.83. The molecule has 1 aromatic carbocycles. The molecule has 2 heterocycles. The fraction of sp³-hybridized carbons (Fsp3) is 0.381. The van der Waals surface area contributed by atoms with E-state index >= 15 is 0 Å². The predicted octanol–water partition coefficient (Wildman–Crippen LogP) is 3.88. The number of carbonyl (C=O) groups excluding carboxylic acids is 2. The molecule has 0 aliphatic carbocycles. The van der Waals surface area contributed by atoms with Gasteiger partial charge in [0.05, 0.1) is 29.3 Å². The van der Waals surface area contributed by atoms with Crippen LogP contribution < -0.4 is 0 Å². The molecule has 0 amide bonds. The number of ether oxygens (including phenoxy) is 1. The minimum Gasteiger partial charge on any atom is -0.465 e. The van der Waals surface area contributed by atoms with E-state index in [2.05, 4.69) is 34.4 Å². The zero-order valence-electron chi connectivity index (χ0n) is 17.9. The maximum Gasteiger partial charge on any atom is 0.339 e. The average molecular weight is 428 g/mol. The second-order valence-corrected chi connectivity index (χ2v) is 8.67. The van der Waals surface area contributed by atoms with Crippen LogP contribution in [0.2, 0.25) is 0 Å². The largest absolute Gasteiger partial charge is 0.465 e. The van der Waals surface area contributed by atoms with Gasteiger partial charge < -0.3 is 9.72 Å². The Hall–Kier alpha value is -2.94. The smallest absolute Gasteiger partial charge is 0.339 e. The molecule has 2 aromatic heterocycles. The van der Waals surface area contributed by atoms with Crippen LogP contribution in [0.25, 0.3) is 5.69 Å². The van der Waals surface area contributed by atoms with Crippen LogP contribution in [0.1, 0.15) is 64.4 Å². The Labute approximate surface area is 179 Å². The van der Waals surface area contributed by atoms with Crippen molar-refractivity contribution >= 4 is 23.5 Å². The van der Waals surface area contributed by atoms with Gasteiger partial charge in [0.2, 0.25) is 5.16 Å². The van der Waals surface area contributed by atoms with Gasteiger partial charge in [0.25, 0.3) is 0 Å². The summed E-state index contributed by atoms with van der Waals surface area (Å²) in [4.78, 5) is 28.1. The molecule has 1 unspecified atom stereocenters. The van der Waals surface area contributed by atoms with Crippen molar-refractivity contribution in [3.63, 3.8) is 0 Å². The van der Waals surface area contributed by atoms with Crippen molar-refractivity contribution in [3.8, 4) is 5.69 Å². The van der Waals surface area contributed by atoms with Crippen molar-refractivity contribution in [2.24, 2.45) is 0 Å². The Morgan fingerprint density at radius 3 is 2.40 bits per heavy atom. The highest BCUT2D eigenvalue weighted by molar-refractivity contribution is 8.00. The van der Waals surface area contributed by atoms with Crippen molar-refractivity contribution in [2.75, 3.05) is 7.11 Å². The summed E-state index contributed by atoms with van der Waals surface area (Å²) in [6.45, 7) is 9.55. The molecule has 3 aromatic rings. The normalized spacial score (nSPS) is 12.2. The Morgan fingerprint density at radius 1 is 1.13 bits per heavy atom. The number of rotatable bonds is 7. The molecule has 0 saturated carbocycles. The SMILES string of the molecule is COC(=O)c1c(C)[nH]c(C(=O)C(C)Sc2nnnn2-c2ccc(C(C)C)cc2)c1C. The molecule has 158 valence electrons. The molecule has 0 fully saturated rings. The van der Waals surface area contributed by atoms with Gasteiger partial charge in [0, 0.05) is 5.69 Å². The summed E-state index contributed by atoms with van der Waals surface area (Å²) in [5.41, 5.74) is 4.03. The number of aromatic amines is 1. The van der Waals surface area contributed by atoms with Crippen LogP contribution in [-0.2, 0) is 4.74 Å². The van der Waals surface area contributed by atoms with Crippen LogP contribution in [0.5, 0.6) is 0 Å². The summed E-state index contributed by atoms with van der Waals surface area (Å²) in [6.07, 6.45) is 0. The third-order valence-electron chi connectivity index (χ3n) is 4.97. The molecule has 0 aliphatic heterocycles. The van der Waals surface area contributed by atoms with E-state index in [-0.39, 0.29) is 5.78 Å². The molecule has 8 nitrogen and oxygen atoms in total. The van der Waals surface area contributed by atoms with Gasteiger partial charge in [-0.15, -0.1) is 5.10 Å². The number of nitrogens with zero attached hydrogens (tertiary/aromatic N) is 4. The number of methoxy groups -OCH3 is 1. The lowest BCUT2D eigenvalue weighted by molar-refractivity contribution is 0.0599. The lowest BCUT2D eigenvalue weighted by Crippen LogP contribution is -2.16. The predicted molar refractivity (Wildman–Crippen MR) is 114 cm³/mol. The highest BCUT2D eigenvalue weighted by Crippen LogP contribution is 2.28. The van der Waals surface area contributed by atoms with Gasteiger partial charge >= 0.3 is 5.97 Å². The molecule has 0 spiro atoms. The van der Waals surface area contributed by atoms with Crippen LogP contribution in [0.15, 0.2) is 29.4 Å². The summed E-state index contributed by atoms with van der Waals surface area (Å²) in [7, 11) is 1.32. The summed E-state index contributed by atoms with van der Waals surface area (Å²) in [6, 6.07) is 8.01. The van der Waals surface area contributed by atoms with Gasteiger partial charge in [0.1, 0.15) is 0 Å². The molecule has 30 heavy (non-hydrogen) atoms. The van der Waals surface area contributed by atoms with Gasteiger partial charge in [-0.05, 0) is 60.4 Å². The van der Waals surface area contributed by atoms with Crippen LogP contribution in [0.3, 0.4) is 0 Å². The van der Waals surface area contributed by atoms with Crippen LogP contribution in [-0.4, -0.2) is 49.3 Å². The number of H-pyrrole nitrogens is 1. The van der Waals surface area contributed by atoms with E-state index in [1.165, 1.54) is 24.4 Å². The quantitative estimate of drug-likeness (QED) is 0.347. The zero-order chi connectivity index (χ0) is 22.0. The van der Waals surface area contributed by atoms with E-state index in [1.54, 1.807) is 25.5 Å². The van der Waals surface area contributed by atoms with E-state index in [1.807, 2.05) is 24.3 Å². The number of ketones is 1. The van der Waals surface area contributed by atoms with Gasteiger partial charge in [-0.3, -0.25) is 4.79 Å². The molecule has 3 rings (SSSR count). The van der Waals surface area contributed by atoms with E-state index in [0.29, 0.717) is 33.6 Å². The van der Waals surface area contributed by atoms with Gasteiger partial charge in [-0.2, -0.15) is 4.68 Å². The van der Waals surface area contributed by atoms with Crippen molar-refractivity contribution in [1.82, 2.24) is 25.2 Å². The summed E-state index contributed by atoms with van der Waals surface area (Å²) in [5, 5.41) is 12.0. The lowest BCUT2D eigenvalue weighted by atomic mass is 10.0. The first-order chi connectivity index (χ1) is 14.2. The van der Waals surface area contributed by atoms with E-state index < -0.39 is 11.2 Å². The van der Waals surface area contributed by atoms with Crippen molar-refractivity contribution in [2.45, 2.75) is 50.9 Å². The minimum absolute atomic E-state index is 0.138. The number of tetrazole rings is 1. The monoisotopic (exact) mass is 427 g/mol. The minimum atomic E-state index is -0.466. The first-order valence-corrected chi connectivity index (χ1v) is 10.5. The summed E-state index contributed by atoms with van der Waals surface area (Å²) >= 11 is 1.26. The van der Waals surface area contributed by atoms with Crippen LogP contribution in [0, 0.1) is 13.8 Å². The number of hydrogen-bond acceptors (Lipinski definition) is 7. The molecule has 1 N–H and O–H groups in total. The molecule has 9 heteroatoms. The molecular weight excluding hydrogens is 402 g/mol. The molecule has 0 radical (unpaired) electrons. The summed E-state index contributed by atoms with van der Waals surface area (Å²) < 4.78 is 6.44. The third kappa shape index (κ3) is 4.16. The van der Waals surface area contributed by atoms with Crippen molar-refractivity contribution < 1.29 is 14.3 Å². The van der Waals surface area contributed by atoms with Gasteiger partial charge in [0.15, 0.2) is 5.78 Å². The Bertz CT molecular complexity index is 1070. The van der Waals surface area contributed by atoms with E-state index in [0.717, 1.165) is 5.69 Å². The number of nitrogens with one attached hydrogen (secondary N) is 1. The highest BCUT2D eigenvalue weighted by Gasteiger charge is 2.27. The third-order valence-corrected chi connectivity index (χ3v) is 6.00. The Balaban J connectivity index is 1.82. The molecular formula is C21H25N5O3S. The molecule has 0 bridgehead atoms. The molecule has 0 aliphatic rings. The van der Waals surface area contributed by atoms with E-state index in [9.17, 15) is 9.59 Å². The van der Waals surface area contributed by atoms with Crippen LogP contribution >= 0.6 is 11.8 Å². The lowest BCUT2D eigenvalue weighted by Gasteiger charge is -2.11. The number of aromatic nitrogens is 5. The summed E-state index contributed by atoms with van der Waals surface area (Å²) in [5.74, 6) is -0.170. The highest BCUT2D eigenvalue weighted by atomic mass is 32.2. The standard InChI is InChI=1S/C21H25N5O3S/c1-11(2)15-7-9-16(10-8-15)26-21(23-24-25-26)30-14(5)19(27)18-12(3)17(13(4)22-18)20(28)29-6/h7-11,14,22H,1-6H3. The second-order valence-electron chi connectivity index (χ2n) is 7.36. The number of hydrogen-bond donors (Lipinski definition) is 1.